The van der Waals surface area contributed by atoms with Gasteiger partial charge in [0, 0.05) is 23.3 Å². The molecule has 0 bridgehead atoms. The van der Waals surface area contributed by atoms with E-state index in [1.807, 2.05) is 5.38 Å². The van der Waals surface area contributed by atoms with Gasteiger partial charge in [-0.3, -0.25) is 24.2 Å². The van der Waals surface area contributed by atoms with Crippen LogP contribution in [0.25, 0.3) is 0 Å². The number of ether oxygens (including phenoxy) is 3. The van der Waals surface area contributed by atoms with Crippen molar-refractivity contribution >= 4 is 58.9 Å². The molecule has 5 heterocycles. The van der Waals surface area contributed by atoms with E-state index < -0.39 is 58.9 Å². The van der Waals surface area contributed by atoms with E-state index in [1.54, 1.807) is 12.1 Å². The van der Waals surface area contributed by atoms with E-state index in [9.17, 15) is 33.9 Å². The van der Waals surface area contributed by atoms with Gasteiger partial charge in [-0.25, -0.2) is 9.59 Å². The van der Waals surface area contributed by atoms with Crippen LogP contribution in [0.1, 0.15) is 11.3 Å². The van der Waals surface area contributed by atoms with Crippen molar-refractivity contribution in [1.82, 2.24) is 15.1 Å². The number of thioether (sulfide) groups is 1. The predicted octanol–water partition coefficient (Wildman–Crippen LogP) is -2.33. The van der Waals surface area contributed by atoms with Crippen LogP contribution >= 0.6 is 23.1 Å². The minimum atomic E-state index is -1.68. The topological polar surface area (TPSA) is 238 Å². The highest BCUT2D eigenvalue weighted by Gasteiger charge is 2.66. The number of carboxylic acids is 2. The summed E-state index contributed by atoms with van der Waals surface area (Å²) in [6, 6.07) is 2.53. The lowest BCUT2D eigenvalue weighted by molar-refractivity contribution is -0.302. The lowest BCUT2D eigenvalue weighted by Gasteiger charge is -2.56. The number of hydrogen-bond donors (Lipinski definition) is 4. The lowest BCUT2D eigenvalue weighted by atomic mass is 9.98. The molecule has 0 aromatic carbocycles. The zero-order valence-corrected chi connectivity index (χ0v) is 23.5. The molecule has 0 spiro atoms. The summed E-state index contributed by atoms with van der Waals surface area (Å²) in [6.45, 7) is -0.680. The van der Waals surface area contributed by atoms with Gasteiger partial charge in [-0.15, -0.1) is 23.1 Å². The third-order valence-corrected chi connectivity index (χ3v) is 8.80. The Labute approximate surface area is 245 Å². The molecular formula is C24H25N4O12S2-. The zero-order chi connectivity index (χ0) is 30.8. The summed E-state index contributed by atoms with van der Waals surface area (Å²) < 4.78 is 15.1. The fourth-order valence-electron chi connectivity index (χ4n) is 4.68. The second-order valence-electron chi connectivity index (χ2n) is 9.04. The molecule has 3 fully saturated rings. The zero-order valence-electron chi connectivity index (χ0n) is 21.8. The quantitative estimate of drug-likeness (QED) is 0.167. The Morgan fingerprint density at radius 3 is 2.62 bits per heavy atom. The van der Waals surface area contributed by atoms with E-state index in [2.05, 4.69) is 10.1 Å². The van der Waals surface area contributed by atoms with Crippen molar-refractivity contribution in [3.63, 3.8) is 0 Å². The Hall–Kier alpha value is -4.13. The molecule has 5 rings (SSSR count). The maximum absolute atomic E-state index is 12.8. The van der Waals surface area contributed by atoms with Gasteiger partial charge < -0.3 is 45.4 Å². The number of rotatable bonds is 9. The van der Waals surface area contributed by atoms with Crippen molar-refractivity contribution in [2.75, 3.05) is 26.1 Å². The number of methoxy groups -OCH3 is 1. The van der Waals surface area contributed by atoms with Crippen LogP contribution in [0, 0.1) is 0 Å². The Morgan fingerprint density at radius 2 is 2.07 bits per heavy atom. The van der Waals surface area contributed by atoms with Gasteiger partial charge in [-0.05, 0) is 17.5 Å². The molecule has 16 nitrogen and oxygen atoms in total. The number of aliphatic hydroxyl groups is 1. The Balaban J connectivity index is 0.000000241. The number of nitrogens with two attached hydrogens (primary N) is 1. The van der Waals surface area contributed by atoms with Gasteiger partial charge in [0.2, 0.25) is 11.8 Å². The molecule has 4 aliphatic rings. The van der Waals surface area contributed by atoms with Crippen LogP contribution in [0.5, 0.6) is 0 Å². The largest absolute Gasteiger partial charge is 0.543 e. The summed E-state index contributed by atoms with van der Waals surface area (Å²) >= 11 is 2.57. The highest BCUT2D eigenvalue weighted by Crippen LogP contribution is 2.46. The summed E-state index contributed by atoms with van der Waals surface area (Å²) in [4.78, 5) is 72.4. The fourth-order valence-corrected chi connectivity index (χ4v) is 6.81. The molecule has 3 saturated heterocycles. The summed E-state index contributed by atoms with van der Waals surface area (Å²) in [5, 5.41) is 32.7. The molecule has 42 heavy (non-hydrogen) atoms. The van der Waals surface area contributed by atoms with Crippen molar-refractivity contribution in [1.29, 1.82) is 0 Å². The van der Waals surface area contributed by atoms with Crippen molar-refractivity contribution in [2.45, 2.75) is 36.2 Å². The van der Waals surface area contributed by atoms with Gasteiger partial charge in [0.05, 0.1) is 31.1 Å². The molecule has 0 radical (unpaired) electrons. The van der Waals surface area contributed by atoms with Crippen LogP contribution < -0.4 is 16.2 Å². The molecule has 18 heteroatoms. The average molecular weight is 626 g/mol. The van der Waals surface area contributed by atoms with Crippen LogP contribution in [0.3, 0.4) is 0 Å². The van der Waals surface area contributed by atoms with Crippen molar-refractivity contribution < 1.29 is 58.3 Å². The number of thiophene rings is 1. The second kappa shape index (κ2) is 12.4. The number of carbonyl (C=O) groups is 6. The van der Waals surface area contributed by atoms with E-state index >= 15 is 0 Å². The summed E-state index contributed by atoms with van der Waals surface area (Å²) in [5.74, 6) is -3.88. The SMILES string of the molecule is CO[C@@]1(NC(=O)Cc2cccs2)C(=O)N2C(C(=O)[O-])=C(COC(N)=O)CS[C@@H]21.O=C(O)[C@H]1/C(=C/CO)O[C@@H]2CC(=O)N21. The van der Waals surface area contributed by atoms with Crippen LogP contribution in [-0.4, -0.2) is 105 Å². The predicted molar refractivity (Wildman–Crippen MR) is 139 cm³/mol. The molecule has 0 saturated carbocycles. The molecule has 4 amide bonds. The number of fused-ring (bicyclic) bond motifs is 2. The van der Waals surface area contributed by atoms with E-state index in [-0.39, 0.29) is 49.0 Å². The number of primary amides is 1. The fraction of sp³-hybridized carbons (Fsp3) is 0.417. The van der Waals surface area contributed by atoms with Crippen LogP contribution in [0.2, 0.25) is 0 Å². The molecule has 1 aromatic heterocycles. The van der Waals surface area contributed by atoms with Crippen molar-refractivity contribution in [3.05, 3.63) is 45.5 Å². The number of aliphatic carboxylic acids is 2. The number of carbonyl (C=O) groups excluding carboxylic acids is 5. The second-order valence-corrected chi connectivity index (χ2v) is 11.1. The standard InChI is InChI=1S/C16H17N3O7S2.C8H9NO5/c1-25-16(18-10(20)5-9-3-2-4-27-9)13(23)19-11(12(21)22)8(6-26-15(17)24)7-28-14(16)19;10-2-1-4-7(8(12)13)9-5(11)3-6(9)14-4/h2-4,14H,5-7H2,1H3,(H2,17,24)(H,18,20)(H,21,22);1,6-7,10H,2-3H2,(H,12,13)/p-1/b;4-1-/t14-,16+;6-,7-/m11/s1. The normalized spacial score (nSPS) is 26.6. The number of nitrogens with one attached hydrogen (secondary N) is 1. The van der Waals surface area contributed by atoms with E-state index in [0.29, 0.717) is 0 Å². The average Bonchev–Trinajstić information content (AvgIpc) is 3.55. The highest BCUT2D eigenvalue weighted by molar-refractivity contribution is 8.00. The number of β-lactam (4-membered cyclic amide) rings is 2. The molecule has 5 N–H and O–H groups in total. The van der Waals surface area contributed by atoms with Gasteiger partial charge in [-0.1, -0.05) is 6.07 Å². The van der Waals surface area contributed by atoms with Gasteiger partial charge in [0.25, 0.3) is 11.6 Å². The number of aliphatic hydroxyl groups excluding tert-OH is 1. The molecular weight excluding hydrogens is 600 g/mol. The van der Waals surface area contributed by atoms with E-state index in [0.717, 1.165) is 9.78 Å². The molecule has 226 valence electrons. The smallest absolute Gasteiger partial charge is 0.404 e. The van der Waals surface area contributed by atoms with E-state index in [4.69, 9.17) is 25.4 Å². The summed E-state index contributed by atoms with van der Waals surface area (Å²) in [7, 11) is 1.26. The number of amides is 4. The highest BCUT2D eigenvalue weighted by atomic mass is 32.2. The Kier molecular flexibility index (Phi) is 9.09. The first-order valence-electron chi connectivity index (χ1n) is 12.2. The summed E-state index contributed by atoms with van der Waals surface area (Å²) in [5.41, 5.74) is 2.99. The first-order chi connectivity index (χ1) is 19.9. The molecule has 0 aliphatic carbocycles. The van der Waals surface area contributed by atoms with Crippen molar-refractivity contribution in [3.8, 4) is 0 Å². The minimum Gasteiger partial charge on any atom is -0.543 e. The molecule has 1 aromatic rings. The van der Waals surface area contributed by atoms with Gasteiger partial charge in [-0.2, -0.15) is 0 Å². The maximum Gasteiger partial charge on any atom is 0.404 e. The third-order valence-electron chi connectivity index (χ3n) is 6.55. The van der Waals surface area contributed by atoms with Crippen molar-refractivity contribution in [2.24, 2.45) is 5.73 Å². The first-order valence-corrected chi connectivity index (χ1v) is 14.1. The van der Waals surface area contributed by atoms with Gasteiger partial charge in [0.15, 0.2) is 12.3 Å². The van der Waals surface area contributed by atoms with Gasteiger partial charge >= 0.3 is 12.1 Å². The van der Waals surface area contributed by atoms with E-state index in [1.165, 1.54) is 41.2 Å². The van der Waals surface area contributed by atoms with Crippen LogP contribution in [0.4, 0.5) is 4.79 Å². The van der Waals surface area contributed by atoms with Crippen LogP contribution in [-0.2, 0) is 44.6 Å². The molecule has 4 aliphatic heterocycles. The monoisotopic (exact) mass is 625 g/mol. The molecule has 4 atom stereocenters. The van der Waals surface area contributed by atoms with Crippen LogP contribution in [0.15, 0.2) is 40.6 Å². The minimum absolute atomic E-state index is 0.0638. The number of carboxylic acid groups (broad SMARTS) is 2. The summed E-state index contributed by atoms with van der Waals surface area (Å²) in [6.07, 6.45) is 0.0198. The maximum atomic E-state index is 12.8. The van der Waals surface area contributed by atoms with Gasteiger partial charge in [0.1, 0.15) is 17.7 Å². The first kappa shape index (κ1) is 30.8. The number of nitrogens with zero attached hydrogens (tertiary/aromatic N) is 2. The Morgan fingerprint density at radius 1 is 1.33 bits per heavy atom. The number of hydrogen-bond acceptors (Lipinski definition) is 13. The third kappa shape index (κ3) is 5.65. The lowest BCUT2D eigenvalue weighted by Crippen LogP contribution is -2.81. The Bertz CT molecular complexity index is 1360. The molecule has 0 unspecified atom stereocenters.